The van der Waals surface area contributed by atoms with Crippen molar-refractivity contribution in [3.8, 4) is 0 Å². The normalized spacial score (nSPS) is 15.5. The molecule has 0 radical (unpaired) electrons. The molecular formula is C19H25N3O2. The molecule has 0 atom stereocenters. The third-order valence-electron chi connectivity index (χ3n) is 4.61. The van der Waals surface area contributed by atoms with Gasteiger partial charge in [0.15, 0.2) is 5.82 Å². The lowest BCUT2D eigenvalue weighted by molar-refractivity contribution is -0.132. The van der Waals surface area contributed by atoms with Crippen molar-refractivity contribution < 1.29 is 9.32 Å². The number of aromatic nitrogens is 1. The standard InChI is InChI=1S/C19H25N3O2/c1-15-13-18(21-24-15)20-10-7-19(23)22-11-8-17(9-12-22)14-16-5-3-2-4-6-16/h2-6,13,17H,7-12,14H2,1H3,(H,20,21). The predicted molar refractivity (Wildman–Crippen MR) is 93.8 cm³/mol. The lowest BCUT2D eigenvalue weighted by Gasteiger charge is -2.32. The number of likely N-dealkylation sites (tertiary alicyclic amines) is 1. The summed E-state index contributed by atoms with van der Waals surface area (Å²) in [5.41, 5.74) is 1.40. The number of amides is 1. The molecule has 2 heterocycles. The molecule has 5 heteroatoms. The number of piperidine rings is 1. The minimum absolute atomic E-state index is 0.223. The van der Waals surface area contributed by atoms with Crippen LogP contribution in [0.3, 0.4) is 0 Å². The second-order valence-corrected chi connectivity index (χ2v) is 6.51. The number of nitrogens with one attached hydrogen (secondary N) is 1. The Labute approximate surface area is 143 Å². The van der Waals surface area contributed by atoms with Gasteiger partial charge in [-0.1, -0.05) is 35.5 Å². The highest BCUT2D eigenvalue weighted by Crippen LogP contribution is 2.22. The molecule has 0 aliphatic carbocycles. The van der Waals surface area contributed by atoms with E-state index in [0.717, 1.165) is 38.1 Å². The molecule has 1 amide bonds. The molecule has 3 rings (SSSR count). The number of hydrogen-bond donors (Lipinski definition) is 1. The quantitative estimate of drug-likeness (QED) is 0.885. The van der Waals surface area contributed by atoms with E-state index >= 15 is 0 Å². The van der Waals surface area contributed by atoms with Crippen LogP contribution in [0.25, 0.3) is 0 Å². The second kappa shape index (κ2) is 7.99. The highest BCUT2D eigenvalue weighted by atomic mass is 16.5. The van der Waals surface area contributed by atoms with Crippen LogP contribution in [0.4, 0.5) is 5.82 Å². The number of benzene rings is 1. The minimum Gasteiger partial charge on any atom is -0.367 e. The van der Waals surface area contributed by atoms with Crippen LogP contribution in [0.2, 0.25) is 0 Å². The lowest BCUT2D eigenvalue weighted by Crippen LogP contribution is -2.39. The van der Waals surface area contributed by atoms with Gasteiger partial charge in [0.05, 0.1) is 0 Å². The van der Waals surface area contributed by atoms with Crippen LogP contribution in [0.1, 0.15) is 30.6 Å². The maximum absolute atomic E-state index is 12.3. The summed E-state index contributed by atoms with van der Waals surface area (Å²) < 4.78 is 4.99. The lowest BCUT2D eigenvalue weighted by atomic mass is 9.90. The van der Waals surface area contributed by atoms with Gasteiger partial charge in [-0.15, -0.1) is 0 Å². The van der Waals surface area contributed by atoms with Gasteiger partial charge >= 0.3 is 0 Å². The molecule has 0 saturated carbocycles. The largest absolute Gasteiger partial charge is 0.367 e. The molecule has 0 spiro atoms. The van der Waals surface area contributed by atoms with Crippen molar-refractivity contribution in [2.75, 3.05) is 25.0 Å². The third kappa shape index (κ3) is 4.60. The fourth-order valence-electron chi connectivity index (χ4n) is 3.24. The van der Waals surface area contributed by atoms with Crippen molar-refractivity contribution in [3.05, 3.63) is 47.7 Å². The van der Waals surface area contributed by atoms with Gasteiger partial charge in [-0.25, -0.2) is 0 Å². The minimum atomic E-state index is 0.223. The van der Waals surface area contributed by atoms with E-state index in [2.05, 4.69) is 40.8 Å². The number of nitrogens with zero attached hydrogens (tertiary/aromatic N) is 2. The SMILES string of the molecule is Cc1cc(NCCC(=O)N2CCC(Cc3ccccc3)CC2)no1. The highest BCUT2D eigenvalue weighted by Gasteiger charge is 2.22. The van der Waals surface area contributed by atoms with Crippen LogP contribution in [0.5, 0.6) is 0 Å². The smallest absolute Gasteiger partial charge is 0.224 e. The van der Waals surface area contributed by atoms with Gasteiger partial charge < -0.3 is 14.7 Å². The Morgan fingerprint density at radius 1 is 1.29 bits per heavy atom. The topological polar surface area (TPSA) is 58.4 Å². The van der Waals surface area contributed by atoms with E-state index in [4.69, 9.17) is 4.52 Å². The van der Waals surface area contributed by atoms with Gasteiger partial charge in [0.2, 0.25) is 5.91 Å². The number of carbonyl (C=O) groups excluding carboxylic acids is 1. The summed E-state index contributed by atoms with van der Waals surface area (Å²) in [5.74, 6) is 2.37. The summed E-state index contributed by atoms with van der Waals surface area (Å²) >= 11 is 0. The molecule has 1 aliphatic rings. The van der Waals surface area contributed by atoms with Gasteiger partial charge in [-0.3, -0.25) is 4.79 Å². The number of aryl methyl sites for hydroxylation is 1. The van der Waals surface area contributed by atoms with Crippen LogP contribution < -0.4 is 5.32 Å². The summed E-state index contributed by atoms with van der Waals surface area (Å²) in [6.07, 6.45) is 3.80. The van der Waals surface area contributed by atoms with Crippen molar-refractivity contribution in [2.24, 2.45) is 5.92 Å². The van der Waals surface area contributed by atoms with Crippen LogP contribution in [0, 0.1) is 12.8 Å². The van der Waals surface area contributed by atoms with Crippen molar-refractivity contribution >= 4 is 11.7 Å². The molecule has 24 heavy (non-hydrogen) atoms. The Morgan fingerprint density at radius 3 is 2.71 bits per heavy atom. The fraction of sp³-hybridized carbons (Fsp3) is 0.474. The van der Waals surface area contributed by atoms with Crippen molar-refractivity contribution in [2.45, 2.75) is 32.6 Å². The van der Waals surface area contributed by atoms with Crippen LogP contribution in [0.15, 0.2) is 40.9 Å². The molecule has 1 aliphatic heterocycles. The van der Waals surface area contributed by atoms with Crippen molar-refractivity contribution in [3.63, 3.8) is 0 Å². The zero-order valence-corrected chi connectivity index (χ0v) is 14.2. The van der Waals surface area contributed by atoms with Crippen molar-refractivity contribution in [1.29, 1.82) is 0 Å². The first kappa shape index (κ1) is 16.6. The number of carbonyl (C=O) groups is 1. The molecule has 5 nitrogen and oxygen atoms in total. The Hall–Kier alpha value is -2.30. The van der Waals surface area contributed by atoms with Crippen molar-refractivity contribution in [1.82, 2.24) is 10.1 Å². The van der Waals surface area contributed by atoms with E-state index < -0.39 is 0 Å². The molecule has 0 bridgehead atoms. The van der Waals surface area contributed by atoms with Gasteiger partial charge in [0.1, 0.15) is 5.76 Å². The highest BCUT2D eigenvalue weighted by molar-refractivity contribution is 5.76. The Morgan fingerprint density at radius 2 is 2.04 bits per heavy atom. The molecule has 1 aromatic heterocycles. The molecule has 0 unspecified atom stereocenters. The fourth-order valence-corrected chi connectivity index (χ4v) is 3.24. The monoisotopic (exact) mass is 327 g/mol. The van der Waals surface area contributed by atoms with Gasteiger partial charge in [0, 0.05) is 32.1 Å². The first-order valence-corrected chi connectivity index (χ1v) is 8.69. The molecule has 1 fully saturated rings. The number of anilines is 1. The third-order valence-corrected chi connectivity index (χ3v) is 4.61. The molecular weight excluding hydrogens is 302 g/mol. The Kier molecular flexibility index (Phi) is 5.51. The van der Waals surface area contributed by atoms with E-state index in [-0.39, 0.29) is 5.91 Å². The molecule has 1 saturated heterocycles. The summed E-state index contributed by atoms with van der Waals surface area (Å²) in [4.78, 5) is 14.3. The maximum Gasteiger partial charge on any atom is 0.224 e. The summed E-state index contributed by atoms with van der Waals surface area (Å²) in [5, 5.41) is 6.99. The summed E-state index contributed by atoms with van der Waals surface area (Å²) in [6, 6.07) is 12.5. The summed E-state index contributed by atoms with van der Waals surface area (Å²) in [6.45, 7) is 4.19. The van der Waals surface area contributed by atoms with E-state index in [9.17, 15) is 4.79 Å². The second-order valence-electron chi connectivity index (χ2n) is 6.51. The molecule has 2 aromatic rings. The predicted octanol–water partition coefficient (Wildman–Crippen LogP) is 3.27. The number of rotatable bonds is 6. The van der Waals surface area contributed by atoms with Crippen LogP contribution in [-0.4, -0.2) is 35.6 Å². The average molecular weight is 327 g/mol. The van der Waals surface area contributed by atoms with E-state index in [0.29, 0.717) is 24.7 Å². The Bertz CT molecular complexity index is 646. The average Bonchev–Trinajstić information content (AvgIpc) is 3.02. The van der Waals surface area contributed by atoms with E-state index in [1.807, 2.05) is 17.9 Å². The van der Waals surface area contributed by atoms with Gasteiger partial charge in [-0.2, -0.15) is 0 Å². The van der Waals surface area contributed by atoms with Gasteiger partial charge in [0.25, 0.3) is 0 Å². The zero-order chi connectivity index (χ0) is 16.8. The van der Waals surface area contributed by atoms with E-state index in [1.54, 1.807) is 0 Å². The molecule has 1 N–H and O–H groups in total. The van der Waals surface area contributed by atoms with Crippen LogP contribution >= 0.6 is 0 Å². The number of hydrogen-bond acceptors (Lipinski definition) is 4. The molecule has 1 aromatic carbocycles. The van der Waals surface area contributed by atoms with Crippen LogP contribution in [-0.2, 0) is 11.2 Å². The van der Waals surface area contributed by atoms with E-state index in [1.165, 1.54) is 5.56 Å². The summed E-state index contributed by atoms with van der Waals surface area (Å²) in [7, 11) is 0. The molecule has 128 valence electrons. The zero-order valence-electron chi connectivity index (χ0n) is 14.2. The maximum atomic E-state index is 12.3. The first-order valence-electron chi connectivity index (χ1n) is 8.69. The van der Waals surface area contributed by atoms with Gasteiger partial charge in [-0.05, 0) is 37.7 Å². The Balaban J connectivity index is 1.37. The first-order chi connectivity index (χ1) is 11.7.